The maximum Gasteiger partial charge on any atom is 0.335 e. The van der Waals surface area contributed by atoms with Crippen molar-refractivity contribution in [1.29, 1.82) is 0 Å². The number of hydrogen-bond acceptors (Lipinski definition) is 2. The molecule has 0 saturated carbocycles. The summed E-state index contributed by atoms with van der Waals surface area (Å²) in [5, 5.41) is 11.9. The average Bonchev–Trinajstić information content (AvgIpc) is 3.47. The SMILES string of the molecule is CC(C)(C)[Si](Oc1ccc(-c2c(Br)cc(C(=O)O)cc2-n2cccc2)cc1)(c1ccccc1)c1ccccc1. The molecule has 0 spiro atoms. The first-order valence-electron chi connectivity index (χ1n) is 12.8. The molecule has 1 heterocycles. The predicted octanol–water partition coefficient (Wildman–Crippen LogP) is 7.54. The van der Waals surface area contributed by atoms with Crippen molar-refractivity contribution >= 4 is 40.6 Å². The van der Waals surface area contributed by atoms with E-state index in [1.54, 1.807) is 12.1 Å². The molecule has 0 amide bonds. The molecule has 0 saturated heterocycles. The van der Waals surface area contributed by atoms with Gasteiger partial charge in [-0.3, -0.25) is 0 Å². The third-order valence-corrected chi connectivity index (χ3v) is 12.6. The zero-order chi connectivity index (χ0) is 27.6. The second-order valence-corrected chi connectivity index (χ2v) is 15.6. The van der Waals surface area contributed by atoms with Crippen molar-refractivity contribution in [2.24, 2.45) is 0 Å². The third-order valence-electron chi connectivity index (χ3n) is 7.03. The third kappa shape index (κ3) is 5.10. The molecule has 4 aromatic carbocycles. The van der Waals surface area contributed by atoms with E-state index < -0.39 is 14.3 Å². The van der Waals surface area contributed by atoms with Gasteiger partial charge in [0.1, 0.15) is 5.75 Å². The van der Waals surface area contributed by atoms with Gasteiger partial charge in [0.05, 0.1) is 11.3 Å². The molecular formula is C33H30BrNO3Si. The fraction of sp³-hybridized carbons (Fsp3) is 0.121. The number of hydrogen-bond donors (Lipinski definition) is 1. The normalized spacial score (nSPS) is 11.8. The monoisotopic (exact) mass is 595 g/mol. The van der Waals surface area contributed by atoms with Crippen LogP contribution in [-0.2, 0) is 0 Å². The molecule has 0 radical (unpaired) electrons. The first kappa shape index (κ1) is 26.7. The van der Waals surface area contributed by atoms with Crippen LogP contribution in [-0.4, -0.2) is 24.0 Å². The molecule has 0 aliphatic heterocycles. The fourth-order valence-corrected chi connectivity index (χ4v) is 10.3. The van der Waals surface area contributed by atoms with Crippen LogP contribution in [0.4, 0.5) is 0 Å². The van der Waals surface area contributed by atoms with Gasteiger partial charge in [0.2, 0.25) is 0 Å². The highest BCUT2D eigenvalue weighted by atomic mass is 79.9. The van der Waals surface area contributed by atoms with Gasteiger partial charge in [-0.15, -0.1) is 0 Å². The molecule has 5 aromatic rings. The topological polar surface area (TPSA) is 51.5 Å². The summed E-state index contributed by atoms with van der Waals surface area (Å²) in [6, 6.07) is 36.5. The van der Waals surface area contributed by atoms with Gasteiger partial charge in [-0.2, -0.15) is 0 Å². The van der Waals surface area contributed by atoms with Crippen molar-refractivity contribution in [3.8, 4) is 22.6 Å². The predicted molar refractivity (Wildman–Crippen MR) is 164 cm³/mol. The van der Waals surface area contributed by atoms with Crippen molar-refractivity contribution in [2.75, 3.05) is 0 Å². The van der Waals surface area contributed by atoms with Gasteiger partial charge in [0, 0.05) is 22.4 Å². The van der Waals surface area contributed by atoms with E-state index in [1.807, 2.05) is 65.5 Å². The Morgan fingerprint density at radius 1 is 0.795 bits per heavy atom. The molecule has 0 aliphatic rings. The Morgan fingerprint density at radius 2 is 1.33 bits per heavy atom. The lowest BCUT2D eigenvalue weighted by molar-refractivity contribution is 0.0696. The van der Waals surface area contributed by atoms with Crippen molar-refractivity contribution in [2.45, 2.75) is 25.8 Å². The van der Waals surface area contributed by atoms with Crippen LogP contribution < -0.4 is 14.8 Å². The number of rotatable bonds is 7. The molecule has 0 fully saturated rings. The lowest BCUT2D eigenvalue weighted by Crippen LogP contribution is -2.68. The van der Waals surface area contributed by atoms with E-state index in [2.05, 4.69) is 85.2 Å². The van der Waals surface area contributed by atoms with E-state index >= 15 is 0 Å². The Hall–Kier alpha value is -3.87. The first-order valence-corrected chi connectivity index (χ1v) is 15.5. The highest BCUT2D eigenvalue weighted by Gasteiger charge is 2.52. The summed E-state index contributed by atoms with van der Waals surface area (Å²) < 4.78 is 9.80. The summed E-state index contributed by atoms with van der Waals surface area (Å²) in [5.41, 5.74) is 2.87. The maximum absolute atomic E-state index is 11.8. The summed E-state index contributed by atoms with van der Waals surface area (Å²) in [5.74, 6) is -0.168. The molecule has 1 N–H and O–H groups in total. The van der Waals surface area contributed by atoms with Crippen LogP contribution in [0.2, 0.25) is 5.04 Å². The number of nitrogens with zero attached hydrogens (tertiary/aromatic N) is 1. The van der Waals surface area contributed by atoms with Crippen molar-refractivity contribution in [3.63, 3.8) is 0 Å². The summed E-state index contributed by atoms with van der Waals surface area (Å²) in [4.78, 5) is 11.8. The maximum atomic E-state index is 11.8. The van der Waals surface area contributed by atoms with Gasteiger partial charge in [-0.25, -0.2) is 4.79 Å². The lowest BCUT2D eigenvalue weighted by atomic mass is 10.0. The molecule has 1 aromatic heterocycles. The molecule has 4 nitrogen and oxygen atoms in total. The Kier molecular flexibility index (Phi) is 7.34. The Bertz CT molecular complexity index is 1540. The number of aromatic carboxylic acids is 1. The van der Waals surface area contributed by atoms with Gasteiger partial charge in [0.15, 0.2) is 0 Å². The molecular weight excluding hydrogens is 566 g/mol. The lowest BCUT2D eigenvalue weighted by Gasteiger charge is -2.43. The van der Waals surface area contributed by atoms with Crippen LogP contribution in [0.15, 0.2) is 126 Å². The second-order valence-electron chi connectivity index (χ2n) is 10.5. The highest BCUT2D eigenvalue weighted by Crippen LogP contribution is 2.39. The van der Waals surface area contributed by atoms with Crippen LogP contribution in [0.3, 0.4) is 0 Å². The Balaban J connectivity index is 1.61. The van der Waals surface area contributed by atoms with E-state index in [0.29, 0.717) is 4.47 Å². The minimum atomic E-state index is -2.75. The second kappa shape index (κ2) is 10.7. The molecule has 39 heavy (non-hydrogen) atoms. The number of aromatic nitrogens is 1. The van der Waals surface area contributed by atoms with Gasteiger partial charge < -0.3 is 14.1 Å². The van der Waals surface area contributed by atoms with Crippen molar-refractivity contribution in [3.05, 3.63) is 132 Å². The van der Waals surface area contributed by atoms with E-state index in [1.165, 1.54) is 10.4 Å². The fourth-order valence-electron chi connectivity index (χ4n) is 5.22. The van der Waals surface area contributed by atoms with Gasteiger partial charge >= 0.3 is 14.3 Å². The Labute approximate surface area is 238 Å². The van der Waals surface area contributed by atoms with E-state index in [0.717, 1.165) is 22.6 Å². The van der Waals surface area contributed by atoms with E-state index in [9.17, 15) is 9.90 Å². The van der Waals surface area contributed by atoms with Gasteiger partial charge in [0.25, 0.3) is 0 Å². The average molecular weight is 597 g/mol. The summed E-state index contributed by atoms with van der Waals surface area (Å²) in [6.07, 6.45) is 3.83. The summed E-state index contributed by atoms with van der Waals surface area (Å²) in [7, 11) is -2.75. The first-order chi connectivity index (χ1) is 18.7. The minimum Gasteiger partial charge on any atom is -0.534 e. The molecule has 0 unspecified atom stereocenters. The number of carboxylic acids is 1. The molecule has 0 atom stereocenters. The minimum absolute atomic E-state index is 0.147. The van der Waals surface area contributed by atoms with E-state index in [-0.39, 0.29) is 10.6 Å². The quantitative estimate of drug-likeness (QED) is 0.198. The van der Waals surface area contributed by atoms with Crippen LogP contribution in [0.25, 0.3) is 16.8 Å². The molecule has 0 bridgehead atoms. The largest absolute Gasteiger partial charge is 0.534 e. The summed E-state index contributed by atoms with van der Waals surface area (Å²) >= 11 is 3.64. The molecule has 6 heteroatoms. The molecule has 196 valence electrons. The van der Waals surface area contributed by atoms with Gasteiger partial charge in [-0.05, 0) is 57.4 Å². The van der Waals surface area contributed by atoms with Crippen LogP contribution in [0, 0.1) is 0 Å². The summed E-state index contributed by atoms with van der Waals surface area (Å²) in [6.45, 7) is 6.79. The number of carboxylic acid groups (broad SMARTS) is 1. The van der Waals surface area contributed by atoms with Crippen LogP contribution in [0.5, 0.6) is 5.75 Å². The van der Waals surface area contributed by atoms with Gasteiger partial charge in [-0.1, -0.05) is 109 Å². The standard InChI is InChI=1S/C33H30BrNO3Si/c1-33(2,3)39(27-12-6-4-7-13-27,28-14-8-5-9-15-28)38-26-18-16-24(17-19-26)31-29(34)22-25(32(36)37)23-30(31)35-20-10-11-21-35/h4-23H,1-3H3,(H,36,37). The Morgan fingerprint density at radius 3 is 1.82 bits per heavy atom. The zero-order valence-corrected chi connectivity index (χ0v) is 24.7. The number of halogens is 1. The number of carbonyl (C=O) groups is 1. The smallest absolute Gasteiger partial charge is 0.335 e. The molecule has 0 aliphatic carbocycles. The van der Waals surface area contributed by atoms with Crippen molar-refractivity contribution < 1.29 is 14.3 Å². The van der Waals surface area contributed by atoms with Crippen LogP contribution >= 0.6 is 15.9 Å². The number of benzene rings is 4. The van der Waals surface area contributed by atoms with Crippen LogP contribution in [0.1, 0.15) is 31.1 Å². The highest BCUT2D eigenvalue weighted by molar-refractivity contribution is 9.10. The zero-order valence-electron chi connectivity index (χ0n) is 22.1. The molecule has 5 rings (SSSR count). The van der Waals surface area contributed by atoms with Crippen molar-refractivity contribution in [1.82, 2.24) is 4.57 Å². The van der Waals surface area contributed by atoms with E-state index in [4.69, 9.17) is 4.43 Å².